The molecule has 1 aromatic carbocycles. The maximum atomic E-state index is 10.0. The van der Waals surface area contributed by atoms with Gasteiger partial charge in [0.1, 0.15) is 0 Å². The predicted octanol–water partition coefficient (Wildman–Crippen LogP) is 1.64. The normalized spacial score (nSPS) is 9.42. The minimum atomic E-state index is -1.24. The molecule has 1 radical (unpaired) electrons. The lowest BCUT2D eigenvalue weighted by atomic mass is 10.1. The molecule has 0 heterocycles. The maximum Gasteiger partial charge on any atom is 0.450 e. The fourth-order valence-electron chi connectivity index (χ4n) is 0.880. The fraction of sp³-hybridized carbons (Fsp3) is 0.222. The van der Waals surface area contributed by atoms with Crippen LogP contribution in [0.1, 0.15) is 11.1 Å². The summed E-state index contributed by atoms with van der Waals surface area (Å²) in [7, 11) is 0. The standard InChI is InChI=1S/C9H10NO2/c1-7-2-4-8(5-3-7)6-10-9(11)12/h2-5,10H,6H2,1H3. The number of aryl methyl sites for hydroxylation is 1. The van der Waals surface area contributed by atoms with Crippen molar-refractivity contribution in [2.45, 2.75) is 13.5 Å². The monoisotopic (exact) mass is 164 g/mol. The summed E-state index contributed by atoms with van der Waals surface area (Å²) in [5.74, 6) is 0. The quantitative estimate of drug-likeness (QED) is 0.709. The van der Waals surface area contributed by atoms with Crippen molar-refractivity contribution in [1.29, 1.82) is 0 Å². The first-order valence-electron chi connectivity index (χ1n) is 3.69. The van der Waals surface area contributed by atoms with Gasteiger partial charge in [-0.2, -0.15) is 0 Å². The van der Waals surface area contributed by atoms with Gasteiger partial charge in [-0.05, 0) is 12.5 Å². The molecule has 1 aromatic rings. The van der Waals surface area contributed by atoms with E-state index in [0.717, 1.165) is 11.1 Å². The molecule has 0 aliphatic carbocycles. The summed E-state index contributed by atoms with van der Waals surface area (Å²) >= 11 is 0. The molecule has 0 fully saturated rings. The van der Waals surface area contributed by atoms with E-state index in [4.69, 9.17) is 0 Å². The molecule has 1 rings (SSSR count). The highest BCUT2D eigenvalue weighted by atomic mass is 16.4. The molecule has 0 bridgehead atoms. The number of hydrogen-bond donors (Lipinski definition) is 1. The summed E-state index contributed by atoms with van der Waals surface area (Å²) in [6.45, 7) is 2.29. The van der Waals surface area contributed by atoms with Crippen LogP contribution < -0.4 is 5.32 Å². The summed E-state index contributed by atoms with van der Waals surface area (Å²) in [5.41, 5.74) is 2.09. The maximum absolute atomic E-state index is 10.0. The molecule has 1 amide bonds. The van der Waals surface area contributed by atoms with Gasteiger partial charge in [0.2, 0.25) is 0 Å². The third-order valence-electron chi connectivity index (χ3n) is 1.56. The number of rotatable bonds is 2. The molecule has 0 spiro atoms. The van der Waals surface area contributed by atoms with Gasteiger partial charge >= 0.3 is 6.09 Å². The van der Waals surface area contributed by atoms with Crippen molar-refractivity contribution in [1.82, 2.24) is 5.32 Å². The first-order valence-corrected chi connectivity index (χ1v) is 3.69. The molecule has 0 aromatic heterocycles. The minimum Gasteiger partial charge on any atom is -0.314 e. The Morgan fingerprint density at radius 2 is 1.92 bits per heavy atom. The molecule has 0 saturated carbocycles. The van der Waals surface area contributed by atoms with Gasteiger partial charge in [0.05, 0.1) is 0 Å². The van der Waals surface area contributed by atoms with Crippen molar-refractivity contribution >= 4 is 6.09 Å². The zero-order valence-electron chi connectivity index (χ0n) is 6.83. The molecule has 0 atom stereocenters. The Labute approximate surface area is 71.0 Å². The summed E-state index contributed by atoms with van der Waals surface area (Å²) in [6.07, 6.45) is -1.24. The van der Waals surface area contributed by atoms with Crippen LogP contribution in [0.2, 0.25) is 0 Å². The third kappa shape index (κ3) is 2.62. The molecule has 3 nitrogen and oxygen atoms in total. The highest BCUT2D eigenvalue weighted by molar-refractivity contribution is 5.63. The van der Waals surface area contributed by atoms with Crippen LogP contribution in [0.5, 0.6) is 0 Å². The summed E-state index contributed by atoms with van der Waals surface area (Å²) < 4.78 is 0. The van der Waals surface area contributed by atoms with Gasteiger partial charge in [-0.1, -0.05) is 29.8 Å². The van der Waals surface area contributed by atoms with Gasteiger partial charge in [-0.15, -0.1) is 0 Å². The van der Waals surface area contributed by atoms with Gasteiger partial charge in [-0.25, -0.2) is 9.90 Å². The summed E-state index contributed by atoms with van der Waals surface area (Å²) in [6, 6.07) is 7.63. The molecule has 0 unspecified atom stereocenters. The number of carbonyl (C=O) groups is 1. The molecule has 0 saturated heterocycles. The van der Waals surface area contributed by atoms with Gasteiger partial charge < -0.3 is 5.32 Å². The van der Waals surface area contributed by atoms with Crippen molar-refractivity contribution in [3.63, 3.8) is 0 Å². The third-order valence-corrected chi connectivity index (χ3v) is 1.56. The number of amides is 1. The van der Waals surface area contributed by atoms with E-state index in [1.165, 1.54) is 0 Å². The van der Waals surface area contributed by atoms with Gasteiger partial charge in [-0.3, -0.25) is 0 Å². The number of nitrogens with one attached hydrogen (secondary N) is 1. The van der Waals surface area contributed by atoms with Gasteiger partial charge in [0.25, 0.3) is 0 Å². The van der Waals surface area contributed by atoms with Crippen molar-refractivity contribution in [2.75, 3.05) is 0 Å². The fourth-order valence-corrected chi connectivity index (χ4v) is 0.880. The van der Waals surface area contributed by atoms with Crippen LogP contribution in [0.3, 0.4) is 0 Å². The highest BCUT2D eigenvalue weighted by Crippen LogP contribution is 2.01. The molecular formula is C9H10NO2. The van der Waals surface area contributed by atoms with Gasteiger partial charge in [0, 0.05) is 6.54 Å². The van der Waals surface area contributed by atoms with E-state index in [0.29, 0.717) is 6.54 Å². The number of carbonyl (C=O) groups excluding carboxylic acids is 1. The Morgan fingerprint density at radius 1 is 1.33 bits per heavy atom. The molecule has 0 aliphatic rings. The van der Waals surface area contributed by atoms with Gasteiger partial charge in [0.15, 0.2) is 0 Å². The average molecular weight is 164 g/mol. The van der Waals surface area contributed by atoms with Crippen molar-refractivity contribution in [3.8, 4) is 0 Å². The Kier molecular flexibility index (Phi) is 2.69. The van der Waals surface area contributed by atoms with E-state index in [2.05, 4.69) is 5.32 Å². The second-order valence-corrected chi connectivity index (χ2v) is 2.63. The second kappa shape index (κ2) is 3.76. The molecular weight excluding hydrogens is 154 g/mol. The van der Waals surface area contributed by atoms with E-state index in [1.54, 1.807) is 0 Å². The van der Waals surface area contributed by atoms with Crippen molar-refractivity contribution in [3.05, 3.63) is 35.4 Å². The lowest BCUT2D eigenvalue weighted by molar-refractivity contribution is 0.168. The molecule has 63 valence electrons. The lowest BCUT2D eigenvalue weighted by Gasteiger charge is -1.99. The molecule has 3 heteroatoms. The molecule has 0 aliphatic heterocycles. The zero-order valence-corrected chi connectivity index (χ0v) is 6.83. The Morgan fingerprint density at radius 3 is 2.42 bits per heavy atom. The van der Waals surface area contributed by atoms with E-state index < -0.39 is 6.09 Å². The van der Waals surface area contributed by atoms with Crippen LogP contribution in [-0.4, -0.2) is 6.09 Å². The predicted molar refractivity (Wildman–Crippen MR) is 44.1 cm³/mol. The number of benzene rings is 1. The van der Waals surface area contributed by atoms with Crippen LogP contribution in [0.15, 0.2) is 24.3 Å². The smallest absolute Gasteiger partial charge is 0.314 e. The topological polar surface area (TPSA) is 49.0 Å². The second-order valence-electron chi connectivity index (χ2n) is 2.63. The Bertz CT molecular complexity index is 266. The largest absolute Gasteiger partial charge is 0.450 e. The van der Waals surface area contributed by atoms with E-state index in [-0.39, 0.29) is 0 Å². The van der Waals surface area contributed by atoms with Crippen molar-refractivity contribution in [2.24, 2.45) is 0 Å². The first kappa shape index (κ1) is 8.59. The zero-order chi connectivity index (χ0) is 8.97. The highest BCUT2D eigenvalue weighted by Gasteiger charge is 1.96. The van der Waals surface area contributed by atoms with E-state index in [9.17, 15) is 9.90 Å². The SMILES string of the molecule is Cc1ccc(CNC([O])=O)cc1. The van der Waals surface area contributed by atoms with Crippen molar-refractivity contribution < 1.29 is 9.90 Å². The summed E-state index contributed by atoms with van der Waals surface area (Å²) in [5, 5.41) is 12.2. The lowest BCUT2D eigenvalue weighted by Crippen LogP contribution is -2.18. The first-order chi connectivity index (χ1) is 5.68. The molecule has 1 N–H and O–H groups in total. The minimum absolute atomic E-state index is 0.308. The number of hydrogen-bond acceptors (Lipinski definition) is 1. The van der Waals surface area contributed by atoms with Crippen LogP contribution in [0.4, 0.5) is 4.79 Å². The van der Waals surface area contributed by atoms with Crippen LogP contribution in [-0.2, 0) is 11.7 Å². The average Bonchev–Trinajstić information content (AvgIpc) is 2.03. The summed E-state index contributed by atoms with van der Waals surface area (Å²) in [4.78, 5) is 10.0. The Balaban J connectivity index is 2.53. The van der Waals surface area contributed by atoms with Crippen LogP contribution >= 0.6 is 0 Å². The van der Waals surface area contributed by atoms with E-state index >= 15 is 0 Å². The Hall–Kier alpha value is -1.51. The molecule has 12 heavy (non-hydrogen) atoms. The van der Waals surface area contributed by atoms with E-state index in [1.807, 2.05) is 31.2 Å². The van der Waals surface area contributed by atoms with Crippen LogP contribution in [0.25, 0.3) is 0 Å². The van der Waals surface area contributed by atoms with Crippen LogP contribution in [0, 0.1) is 6.92 Å².